The summed E-state index contributed by atoms with van der Waals surface area (Å²) in [4.78, 5) is 8.27. The van der Waals surface area contributed by atoms with E-state index in [2.05, 4.69) is 32.8 Å². The van der Waals surface area contributed by atoms with Crippen LogP contribution in [0.5, 0.6) is 11.6 Å². The summed E-state index contributed by atoms with van der Waals surface area (Å²) in [7, 11) is 0. The quantitative estimate of drug-likeness (QED) is 0.852. The Balaban J connectivity index is 2.28. The molecule has 2 aromatic rings. The number of aromatic nitrogens is 2. The maximum Gasteiger partial charge on any atom is 0.222 e. The molecule has 2 rings (SSSR count). The van der Waals surface area contributed by atoms with Gasteiger partial charge in [0.25, 0.3) is 0 Å². The number of nitrogens with zero attached hydrogens (tertiary/aromatic N) is 2. The van der Waals surface area contributed by atoms with Crippen LogP contribution in [0.1, 0.15) is 23.7 Å². The molecule has 0 unspecified atom stereocenters. The van der Waals surface area contributed by atoms with Crippen LogP contribution in [0.25, 0.3) is 0 Å². The minimum atomic E-state index is 0.586. The molecule has 0 N–H and O–H groups in total. The number of hydrogen-bond acceptors (Lipinski definition) is 3. The Hall–Kier alpha value is -1.42. The Morgan fingerprint density at radius 3 is 2.39 bits per heavy atom. The largest absolute Gasteiger partial charge is 0.439 e. The summed E-state index contributed by atoms with van der Waals surface area (Å²) >= 11 is 3.54. The molecule has 0 fully saturated rings. The third-order valence-corrected chi connectivity index (χ3v) is 3.94. The monoisotopic (exact) mass is 306 g/mol. The fraction of sp³-hybridized carbons (Fsp3) is 0.286. The predicted molar refractivity (Wildman–Crippen MR) is 75.1 cm³/mol. The second kappa shape index (κ2) is 5.48. The van der Waals surface area contributed by atoms with Crippen molar-refractivity contribution in [1.29, 1.82) is 0 Å². The van der Waals surface area contributed by atoms with E-state index in [0.29, 0.717) is 5.88 Å². The molecular weight excluding hydrogens is 292 g/mol. The first kappa shape index (κ1) is 13.0. The van der Waals surface area contributed by atoms with Gasteiger partial charge in [0, 0.05) is 16.2 Å². The average molecular weight is 307 g/mol. The van der Waals surface area contributed by atoms with Crippen molar-refractivity contribution in [1.82, 2.24) is 9.97 Å². The fourth-order valence-corrected chi connectivity index (χ4v) is 1.94. The van der Waals surface area contributed by atoms with Gasteiger partial charge in [-0.1, -0.05) is 22.9 Å². The van der Waals surface area contributed by atoms with Crippen LogP contribution in [0, 0.1) is 13.8 Å². The van der Waals surface area contributed by atoms with E-state index < -0.39 is 0 Å². The third-order valence-electron chi connectivity index (χ3n) is 2.69. The molecule has 0 aliphatic carbocycles. The van der Waals surface area contributed by atoms with Gasteiger partial charge < -0.3 is 4.74 Å². The van der Waals surface area contributed by atoms with Crippen LogP contribution in [0.2, 0.25) is 0 Å². The van der Waals surface area contributed by atoms with Crippen molar-refractivity contribution in [3.63, 3.8) is 0 Å². The standard InChI is InChI=1S/C14H15BrN2O/c1-4-11-7-13(17-8-16-11)18-12-5-9(2)14(15)10(3)6-12/h5-8H,4H2,1-3H3. The summed E-state index contributed by atoms with van der Waals surface area (Å²) < 4.78 is 6.88. The molecule has 3 nitrogen and oxygen atoms in total. The van der Waals surface area contributed by atoms with E-state index in [1.807, 2.05) is 32.0 Å². The number of ether oxygens (including phenoxy) is 1. The maximum atomic E-state index is 5.77. The molecule has 4 heteroatoms. The predicted octanol–water partition coefficient (Wildman–Crippen LogP) is 4.21. The number of rotatable bonds is 3. The van der Waals surface area contributed by atoms with Crippen molar-refractivity contribution >= 4 is 15.9 Å². The van der Waals surface area contributed by atoms with Crippen LogP contribution >= 0.6 is 15.9 Å². The molecular formula is C14H15BrN2O. The minimum absolute atomic E-state index is 0.586. The molecule has 1 heterocycles. The van der Waals surface area contributed by atoms with E-state index in [1.54, 1.807) is 0 Å². The second-order valence-electron chi connectivity index (χ2n) is 4.17. The first-order chi connectivity index (χ1) is 8.60. The Morgan fingerprint density at radius 1 is 1.11 bits per heavy atom. The molecule has 94 valence electrons. The van der Waals surface area contributed by atoms with E-state index in [1.165, 1.54) is 6.33 Å². The van der Waals surface area contributed by atoms with Crippen molar-refractivity contribution < 1.29 is 4.74 Å². The lowest BCUT2D eigenvalue weighted by atomic mass is 10.1. The Kier molecular flexibility index (Phi) is 3.97. The van der Waals surface area contributed by atoms with E-state index in [-0.39, 0.29) is 0 Å². The molecule has 0 radical (unpaired) electrons. The highest BCUT2D eigenvalue weighted by Gasteiger charge is 2.05. The number of hydrogen-bond donors (Lipinski definition) is 0. The summed E-state index contributed by atoms with van der Waals surface area (Å²) in [5.74, 6) is 1.39. The molecule has 1 aromatic carbocycles. The van der Waals surface area contributed by atoms with Gasteiger partial charge in [-0.3, -0.25) is 0 Å². The summed E-state index contributed by atoms with van der Waals surface area (Å²) in [5, 5.41) is 0. The molecule has 0 atom stereocenters. The van der Waals surface area contributed by atoms with Crippen LogP contribution in [0.4, 0.5) is 0 Å². The number of benzene rings is 1. The highest BCUT2D eigenvalue weighted by Crippen LogP contribution is 2.28. The van der Waals surface area contributed by atoms with Gasteiger partial charge in [0.2, 0.25) is 5.88 Å². The molecule has 0 aliphatic rings. The second-order valence-corrected chi connectivity index (χ2v) is 4.97. The number of halogens is 1. The maximum absolute atomic E-state index is 5.77. The van der Waals surface area contributed by atoms with Crippen LogP contribution in [-0.4, -0.2) is 9.97 Å². The van der Waals surface area contributed by atoms with Crippen molar-refractivity contribution in [3.8, 4) is 11.6 Å². The first-order valence-electron chi connectivity index (χ1n) is 5.85. The first-order valence-corrected chi connectivity index (χ1v) is 6.65. The summed E-state index contributed by atoms with van der Waals surface area (Å²) in [6.07, 6.45) is 2.41. The van der Waals surface area contributed by atoms with E-state index in [4.69, 9.17) is 4.74 Å². The zero-order valence-corrected chi connectivity index (χ0v) is 12.3. The van der Waals surface area contributed by atoms with Crippen LogP contribution in [-0.2, 0) is 6.42 Å². The van der Waals surface area contributed by atoms with Gasteiger partial charge in [0.15, 0.2) is 0 Å². The van der Waals surface area contributed by atoms with E-state index >= 15 is 0 Å². The smallest absolute Gasteiger partial charge is 0.222 e. The van der Waals surface area contributed by atoms with Crippen molar-refractivity contribution in [2.45, 2.75) is 27.2 Å². The van der Waals surface area contributed by atoms with E-state index in [0.717, 1.165) is 33.5 Å². The molecule has 0 saturated heterocycles. The van der Waals surface area contributed by atoms with Gasteiger partial charge in [0.1, 0.15) is 12.1 Å². The average Bonchev–Trinajstić information content (AvgIpc) is 2.36. The summed E-state index contributed by atoms with van der Waals surface area (Å²) in [6, 6.07) is 5.85. The molecule has 1 aromatic heterocycles. The number of aryl methyl sites for hydroxylation is 3. The lowest BCUT2D eigenvalue weighted by Gasteiger charge is -2.09. The third kappa shape index (κ3) is 2.88. The zero-order chi connectivity index (χ0) is 13.1. The van der Waals surface area contributed by atoms with Crippen LogP contribution in [0.15, 0.2) is 29.0 Å². The molecule has 0 bridgehead atoms. The lowest BCUT2D eigenvalue weighted by molar-refractivity contribution is 0.459. The minimum Gasteiger partial charge on any atom is -0.439 e. The summed E-state index contributed by atoms with van der Waals surface area (Å²) in [6.45, 7) is 6.14. The molecule has 0 amide bonds. The lowest BCUT2D eigenvalue weighted by Crippen LogP contribution is -1.94. The normalized spacial score (nSPS) is 10.4. The van der Waals surface area contributed by atoms with Crippen molar-refractivity contribution in [2.24, 2.45) is 0 Å². The van der Waals surface area contributed by atoms with Gasteiger partial charge in [-0.05, 0) is 43.5 Å². The van der Waals surface area contributed by atoms with Crippen LogP contribution < -0.4 is 4.74 Å². The molecule has 18 heavy (non-hydrogen) atoms. The van der Waals surface area contributed by atoms with Crippen molar-refractivity contribution in [2.75, 3.05) is 0 Å². The SMILES string of the molecule is CCc1cc(Oc2cc(C)c(Br)c(C)c2)ncn1. The molecule has 0 spiro atoms. The van der Waals surface area contributed by atoms with Crippen LogP contribution in [0.3, 0.4) is 0 Å². The zero-order valence-electron chi connectivity index (χ0n) is 10.7. The Labute approximate surface area is 115 Å². The topological polar surface area (TPSA) is 35.0 Å². The van der Waals surface area contributed by atoms with Crippen molar-refractivity contribution in [3.05, 3.63) is 45.8 Å². The summed E-state index contributed by atoms with van der Waals surface area (Å²) in [5.41, 5.74) is 3.27. The molecule has 0 saturated carbocycles. The highest BCUT2D eigenvalue weighted by atomic mass is 79.9. The van der Waals surface area contributed by atoms with Gasteiger partial charge >= 0.3 is 0 Å². The van der Waals surface area contributed by atoms with Gasteiger partial charge in [-0.15, -0.1) is 0 Å². The van der Waals surface area contributed by atoms with Gasteiger partial charge in [-0.25, -0.2) is 9.97 Å². The fourth-order valence-electron chi connectivity index (χ4n) is 1.71. The Morgan fingerprint density at radius 2 is 1.78 bits per heavy atom. The van der Waals surface area contributed by atoms with E-state index in [9.17, 15) is 0 Å². The highest BCUT2D eigenvalue weighted by molar-refractivity contribution is 9.10. The Bertz CT molecular complexity index is 546. The molecule has 0 aliphatic heterocycles. The van der Waals surface area contributed by atoms with Gasteiger partial charge in [0.05, 0.1) is 0 Å². The van der Waals surface area contributed by atoms with Gasteiger partial charge in [-0.2, -0.15) is 0 Å².